The lowest BCUT2D eigenvalue weighted by Crippen LogP contribution is -2.23. The van der Waals surface area contributed by atoms with E-state index in [1.165, 1.54) is 0 Å². The van der Waals surface area contributed by atoms with Gasteiger partial charge in [0.1, 0.15) is 5.75 Å². The lowest BCUT2D eigenvalue weighted by molar-refractivity contribution is 0.0958. The van der Waals surface area contributed by atoms with Crippen molar-refractivity contribution >= 4 is 17.5 Å². The van der Waals surface area contributed by atoms with Gasteiger partial charge in [0, 0.05) is 16.1 Å². The highest BCUT2D eigenvalue weighted by atomic mass is 35.5. The first-order valence-electron chi connectivity index (χ1n) is 7.34. The molecule has 2 aromatic carbocycles. The molecule has 1 N–H and O–H groups in total. The van der Waals surface area contributed by atoms with Crippen LogP contribution in [-0.4, -0.2) is 18.6 Å². The Balaban J connectivity index is 1.88. The maximum atomic E-state index is 12.0. The third-order valence-corrected chi connectivity index (χ3v) is 3.12. The van der Waals surface area contributed by atoms with E-state index in [1.807, 2.05) is 26.0 Å². The van der Waals surface area contributed by atoms with Crippen molar-refractivity contribution in [3.8, 4) is 17.6 Å². The fourth-order valence-electron chi connectivity index (χ4n) is 1.90. The Morgan fingerprint density at radius 1 is 1.22 bits per heavy atom. The van der Waals surface area contributed by atoms with E-state index in [0.29, 0.717) is 10.6 Å². The van der Waals surface area contributed by atoms with Crippen molar-refractivity contribution < 1.29 is 9.53 Å². The Hall–Kier alpha value is -2.44. The summed E-state index contributed by atoms with van der Waals surface area (Å²) in [7, 11) is 0. The monoisotopic (exact) mass is 327 g/mol. The van der Waals surface area contributed by atoms with Gasteiger partial charge in [0.15, 0.2) is 0 Å². The van der Waals surface area contributed by atoms with Crippen LogP contribution in [0.5, 0.6) is 5.75 Å². The van der Waals surface area contributed by atoms with Gasteiger partial charge in [-0.15, -0.1) is 0 Å². The van der Waals surface area contributed by atoms with Crippen LogP contribution in [0, 0.1) is 11.8 Å². The van der Waals surface area contributed by atoms with Gasteiger partial charge in [-0.05, 0) is 56.3 Å². The van der Waals surface area contributed by atoms with Crippen LogP contribution < -0.4 is 10.1 Å². The molecule has 0 saturated heterocycles. The molecule has 0 saturated carbocycles. The number of nitrogens with one attached hydrogen (secondary N) is 1. The number of halogens is 1. The number of carbonyl (C=O) groups excluding carboxylic acids is 1. The van der Waals surface area contributed by atoms with Crippen molar-refractivity contribution in [3.05, 3.63) is 64.7 Å². The molecule has 4 heteroatoms. The van der Waals surface area contributed by atoms with Crippen molar-refractivity contribution in [1.29, 1.82) is 0 Å². The molecule has 0 aliphatic heterocycles. The van der Waals surface area contributed by atoms with Crippen LogP contribution in [0.3, 0.4) is 0 Å². The highest BCUT2D eigenvalue weighted by Crippen LogP contribution is 2.13. The van der Waals surface area contributed by atoms with Crippen LogP contribution in [0.1, 0.15) is 29.8 Å². The zero-order valence-corrected chi connectivity index (χ0v) is 13.9. The van der Waals surface area contributed by atoms with Gasteiger partial charge in [-0.3, -0.25) is 4.79 Å². The predicted molar refractivity (Wildman–Crippen MR) is 92.9 cm³/mol. The summed E-state index contributed by atoms with van der Waals surface area (Å²) in [5.41, 5.74) is 1.40. The summed E-state index contributed by atoms with van der Waals surface area (Å²) >= 11 is 5.88. The number of hydrogen-bond acceptors (Lipinski definition) is 2. The van der Waals surface area contributed by atoms with Crippen molar-refractivity contribution in [2.75, 3.05) is 6.54 Å². The highest BCUT2D eigenvalue weighted by Gasteiger charge is 2.04. The first-order chi connectivity index (χ1) is 11.0. The van der Waals surface area contributed by atoms with Crippen LogP contribution >= 0.6 is 11.6 Å². The second-order valence-electron chi connectivity index (χ2n) is 5.19. The fraction of sp³-hybridized carbons (Fsp3) is 0.211. The van der Waals surface area contributed by atoms with Crippen LogP contribution in [-0.2, 0) is 0 Å². The molecule has 0 spiro atoms. The Labute approximate surface area is 141 Å². The largest absolute Gasteiger partial charge is 0.491 e. The van der Waals surface area contributed by atoms with Gasteiger partial charge in [0.2, 0.25) is 0 Å². The molecule has 1 amide bonds. The van der Waals surface area contributed by atoms with Crippen molar-refractivity contribution in [2.24, 2.45) is 0 Å². The molecule has 0 radical (unpaired) electrons. The van der Waals surface area contributed by atoms with Crippen molar-refractivity contribution in [2.45, 2.75) is 20.0 Å². The molecule has 2 aromatic rings. The molecule has 0 aliphatic carbocycles. The number of carbonyl (C=O) groups is 1. The van der Waals surface area contributed by atoms with E-state index in [0.717, 1.165) is 11.3 Å². The molecule has 3 nitrogen and oxygen atoms in total. The molecule has 0 atom stereocenters. The molecular weight excluding hydrogens is 310 g/mol. The number of hydrogen-bond donors (Lipinski definition) is 1. The zero-order chi connectivity index (χ0) is 16.7. The summed E-state index contributed by atoms with van der Waals surface area (Å²) in [6.45, 7) is 4.19. The lowest BCUT2D eigenvalue weighted by Gasteiger charge is -2.09. The number of rotatable bonds is 4. The Bertz CT molecular complexity index is 727. The predicted octanol–water partition coefficient (Wildman–Crippen LogP) is 3.91. The van der Waals surface area contributed by atoms with Gasteiger partial charge >= 0.3 is 0 Å². The number of ether oxygens (including phenoxy) is 1. The smallest absolute Gasteiger partial charge is 0.252 e. The third kappa shape index (κ3) is 5.69. The van der Waals surface area contributed by atoms with E-state index in [-0.39, 0.29) is 18.6 Å². The lowest BCUT2D eigenvalue weighted by atomic mass is 10.2. The molecule has 0 aliphatic rings. The minimum atomic E-state index is -0.165. The molecule has 118 valence electrons. The Morgan fingerprint density at radius 3 is 2.61 bits per heavy atom. The first-order valence-corrected chi connectivity index (χ1v) is 7.72. The van der Waals surface area contributed by atoms with Crippen molar-refractivity contribution in [1.82, 2.24) is 5.32 Å². The number of amides is 1. The van der Waals surface area contributed by atoms with Gasteiger partial charge in [0.25, 0.3) is 5.91 Å². The molecule has 0 unspecified atom stereocenters. The highest BCUT2D eigenvalue weighted by molar-refractivity contribution is 6.30. The Morgan fingerprint density at radius 2 is 1.96 bits per heavy atom. The van der Waals surface area contributed by atoms with E-state index in [4.69, 9.17) is 16.3 Å². The fourth-order valence-corrected chi connectivity index (χ4v) is 2.09. The molecule has 0 bridgehead atoms. The van der Waals surface area contributed by atoms with E-state index in [9.17, 15) is 4.79 Å². The maximum absolute atomic E-state index is 12.0. The second kappa shape index (κ2) is 8.26. The number of benzene rings is 2. The molecule has 0 aromatic heterocycles. The normalized spacial score (nSPS) is 9.91. The Kier molecular flexibility index (Phi) is 6.08. The molecule has 2 rings (SSSR count). The molecule has 0 fully saturated rings. The third-order valence-electron chi connectivity index (χ3n) is 2.88. The van der Waals surface area contributed by atoms with Gasteiger partial charge in [-0.2, -0.15) is 0 Å². The standard InChI is InChI=1S/C19H18ClNO2/c1-14(2)23-18-10-8-16(9-11-18)19(22)21-12-4-6-15-5-3-7-17(20)13-15/h3,5,7-11,13-14H,12H2,1-2H3,(H,21,22). The summed E-state index contributed by atoms with van der Waals surface area (Å²) < 4.78 is 5.54. The van der Waals surface area contributed by atoms with E-state index < -0.39 is 0 Å². The minimum Gasteiger partial charge on any atom is -0.491 e. The van der Waals surface area contributed by atoms with Gasteiger partial charge in [-0.25, -0.2) is 0 Å². The topological polar surface area (TPSA) is 38.3 Å². The zero-order valence-electron chi connectivity index (χ0n) is 13.1. The summed E-state index contributed by atoms with van der Waals surface area (Å²) in [6.07, 6.45) is 0.108. The van der Waals surface area contributed by atoms with Gasteiger partial charge in [-0.1, -0.05) is 29.5 Å². The van der Waals surface area contributed by atoms with Crippen molar-refractivity contribution in [3.63, 3.8) is 0 Å². The minimum absolute atomic E-state index is 0.108. The SMILES string of the molecule is CC(C)Oc1ccc(C(=O)NCC#Cc2cccc(Cl)c2)cc1. The quantitative estimate of drug-likeness (QED) is 0.865. The van der Waals surface area contributed by atoms with Gasteiger partial charge < -0.3 is 10.1 Å². The van der Waals surface area contributed by atoms with Crippen LogP contribution in [0.25, 0.3) is 0 Å². The average molecular weight is 328 g/mol. The van der Waals surface area contributed by atoms with E-state index in [1.54, 1.807) is 36.4 Å². The van der Waals surface area contributed by atoms with Crippen LogP contribution in [0.2, 0.25) is 5.02 Å². The maximum Gasteiger partial charge on any atom is 0.252 e. The summed E-state index contributed by atoms with van der Waals surface area (Å²) in [4.78, 5) is 12.0. The van der Waals surface area contributed by atoms with Crippen LogP contribution in [0.15, 0.2) is 48.5 Å². The van der Waals surface area contributed by atoms with Crippen LogP contribution in [0.4, 0.5) is 0 Å². The second-order valence-corrected chi connectivity index (χ2v) is 5.62. The molecule has 23 heavy (non-hydrogen) atoms. The average Bonchev–Trinajstić information content (AvgIpc) is 2.51. The summed E-state index contributed by atoms with van der Waals surface area (Å²) in [5.74, 6) is 6.44. The molecular formula is C19H18ClNO2. The van der Waals surface area contributed by atoms with Gasteiger partial charge in [0.05, 0.1) is 12.6 Å². The molecule has 0 heterocycles. The summed E-state index contributed by atoms with van der Waals surface area (Å²) in [6, 6.07) is 14.3. The van der Waals surface area contributed by atoms with E-state index >= 15 is 0 Å². The summed E-state index contributed by atoms with van der Waals surface area (Å²) in [5, 5.41) is 3.40. The van der Waals surface area contributed by atoms with E-state index in [2.05, 4.69) is 17.2 Å². The first kappa shape index (κ1) is 16.9.